The van der Waals surface area contributed by atoms with E-state index in [1.54, 1.807) is 20.8 Å². The predicted molar refractivity (Wildman–Crippen MR) is 70.0 cm³/mol. The second-order valence-electron chi connectivity index (χ2n) is 5.10. The van der Waals surface area contributed by atoms with Crippen LogP contribution in [0.2, 0.25) is 0 Å². The third kappa shape index (κ3) is 4.76. The van der Waals surface area contributed by atoms with Crippen LogP contribution in [0.15, 0.2) is 18.2 Å². The summed E-state index contributed by atoms with van der Waals surface area (Å²) in [6.45, 7) is 4.71. The van der Waals surface area contributed by atoms with E-state index in [4.69, 9.17) is 9.84 Å². The number of rotatable bonds is 3. The number of amides is 1. The SMILES string of the molecule is CC(C)(C)OC(=O)Nc1cc(C(O)CO)ccc1O. The van der Waals surface area contributed by atoms with Gasteiger partial charge in [-0.1, -0.05) is 6.07 Å². The molecular weight excluding hydrogens is 250 g/mol. The molecule has 6 heteroatoms. The zero-order chi connectivity index (χ0) is 14.6. The Morgan fingerprint density at radius 2 is 2.05 bits per heavy atom. The van der Waals surface area contributed by atoms with E-state index in [-0.39, 0.29) is 11.4 Å². The molecule has 0 aliphatic heterocycles. The fraction of sp³-hybridized carbons (Fsp3) is 0.462. The van der Waals surface area contributed by atoms with Crippen LogP contribution in [0.4, 0.5) is 10.5 Å². The van der Waals surface area contributed by atoms with Crippen LogP contribution in [0.3, 0.4) is 0 Å². The van der Waals surface area contributed by atoms with E-state index in [1.165, 1.54) is 18.2 Å². The van der Waals surface area contributed by atoms with Crippen molar-refractivity contribution >= 4 is 11.8 Å². The Bertz CT molecular complexity index is 453. The van der Waals surface area contributed by atoms with Gasteiger partial charge in [0, 0.05) is 0 Å². The number of phenolic OH excluding ortho intramolecular Hbond substituents is 1. The van der Waals surface area contributed by atoms with Gasteiger partial charge in [0.2, 0.25) is 0 Å². The molecule has 0 spiro atoms. The van der Waals surface area contributed by atoms with E-state index >= 15 is 0 Å². The second kappa shape index (κ2) is 5.90. The highest BCUT2D eigenvalue weighted by atomic mass is 16.6. The molecule has 0 aliphatic carbocycles. The normalized spacial score (nSPS) is 12.9. The van der Waals surface area contributed by atoms with Gasteiger partial charge in [0.1, 0.15) is 17.5 Å². The summed E-state index contributed by atoms with van der Waals surface area (Å²) in [5.74, 6) is -0.153. The highest BCUT2D eigenvalue weighted by molar-refractivity contribution is 5.87. The van der Waals surface area contributed by atoms with E-state index < -0.39 is 24.4 Å². The first kappa shape index (κ1) is 15.3. The Hall–Kier alpha value is -1.79. The highest BCUT2D eigenvalue weighted by Gasteiger charge is 2.18. The van der Waals surface area contributed by atoms with E-state index in [2.05, 4.69) is 5.32 Å². The lowest BCUT2D eigenvalue weighted by molar-refractivity contribution is 0.0635. The molecule has 1 atom stereocenters. The number of benzene rings is 1. The molecule has 1 aromatic rings. The van der Waals surface area contributed by atoms with Crippen molar-refractivity contribution < 1.29 is 24.9 Å². The summed E-state index contributed by atoms with van der Waals surface area (Å²) in [5, 5.41) is 30.4. The molecule has 0 aliphatic rings. The highest BCUT2D eigenvalue weighted by Crippen LogP contribution is 2.27. The van der Waals surface area contributed by atoms with Gasteiger partial charge >= 0.3 is 6.09 Å². The Morgan fingerprint density at radius 3 is 2.58 bits per heavy atom. The number of carbonyl (C=O) groups excluding carboxylic acids is 1. The first-order valence-corrected chi connectivity index (χ1v) is 5.85. The smallest absolute Gasteiger partial charge is 0.412 e. The molecule has 0 fully saturated rings. The molecule has 1 unspecified atom stereocenters. The van der Waals surface area contributed by atoms with Crippen LogP contribution in [0.1, 0.15) is 32.4 Å². The van der Waals surface area contributed by atoms with Crippen molar-refractivity contribution in [1.82, 2.24) is 0 Å². The summed E-state index contributed by atoms with van der Waals surface area (Å²) in [5.41, 5.74) is -0.160. The molecule has 0 aromatic heterocycles. The molecule has 6 nitrogen and oxygen atoms in total. The quantitative estimate of drug-likeness (QED) is 0.627. The standard InChI is InChI=1S/C13H19NO5/c1-13(2,3)19-12(18)14-9-6-8(11(17)7-15)4-5-10(9)16/h4-6,11,15-17H,7H2,1-3H3,(H,14,18). The number of nitrogens with one attached hydrogen (secondary N) is 1. The number of aliphatic hydroxyl groups is 2. The first-order valence-electron chi connectivity index (χ1n) is 5.85. The summed E-state index contributed by atoms with van der Waals surface area (Å²) in [4.78, 5) is 11.6. The van der Waals surface area contributed by atoms with Crippen molar-refractivity contribution in [2.24, 2.45) is 0 Å². The third-order valence-electron chi connectivity index (χ3n) is 2.21. The van der Waals surface area contributed by atoms with Gasteiger partial charge in [0.25, 0.3) is 0 Å². The van der Waals surface area contributed by atoms with Gasteiger partial charge < -0.3 is 20.1 Å². The molecular formula is C13H19NO5. The van der Waals surface area contributed by atoms with Crippen molar-refractivity contribution in [2.75, 3.05) is 11.9 Å². The molecule has 106 valence electrons. The van der Waals surface area contributed by atoms with Gasteiger partial charge in [-0.15, -0.1) is 0 Å². The molecule has 4 N–H and O–H groups in total. The first-order chi connectivity index (χ1) is 8.73. The molecule has 0 radical (unpaired) electrons. The number of ether oxygens (including phenoxy) is 1. The minimum atomic E-state index is -1.07. The number of aromatic hydroxyl groups is 1. The van der Waals surface area contributed by atoms with Crippen LogP contribution >= 0.6 is 0 Å². The number of carbonyl (C=O) groups is 1. The molecule has 0 heterocycles. The zero-order valence-corrected chi connectivity index (χ0v) is 11.2. The van der Waals surface area contributed by atoms with Crippen LogP contribution < -0.4 is 5.32 Å². The maximum Gasteiger partial charge on any atom is 0.412 e. The summed E-state index contributed by atoms with van der Waals surface area (Å²) >= 11 is 0. The van der Waals surface area contributed by atoms with Gasteiger partial charge in [-0.2, -0.15) is 0 Å². The number of phenols is 1. The van der Waals surface area contributed by atoms with Gasteiger partial charge in [-0.05, 0) is 38.5 Å². The molecule has 1 aromatic carbocycles. The van der Waals surface area contributed by atoms with Crippen LogP contribution in [0, 0.1) is 0 Å². The maximum atomic E-state index is 11.6. The van der Waals surface area contributed by atoms with Crippen molar-refractivity contribution in [2.45, 2.75) is 32.5 Å². The fourth-order valence-electron chi connectivity index (χ4n) is 1.38. The zero-order valence-electron chi connectivity index (χ0n) is 11.2. The number of aliphatic hydroxyl groups excluding tert-OH is 2. The number of hydrogen-bond donors (Lipinski definition) is 4. The van der Waals surface area contributed by atoms with Crippen LogP contribution in [0.25, 0.3) is 0 Å². The third-order valence-corrected chi connectivity index (χ3v) is 2.21. The Labute approximate surface area is 111 Å². The molecule has 1 amide bonds. The van der Waals surface area contributed by atoms with Crippen LogP contribution in [-0.4, -0.2) is 33.6 Å². The lowest BCUT2D eigenvalue weighted by atomic mass is 10.1. The Balaban J connectivity index is 2.85. The topological polar surface area (TPSA) is 99.0 Å². The van der Waals surface area contributed by atoms with E-state index in [9.17, 15) is 15.0 Å². The minimum Gasteiger partial charge on any atom is -0.506 e. The molecule has 19 heavy (non-hydrogen) atoms. The lowest BCUT2D eigenvalue weighted by Crippen LogP contribution is -2.27. The van der Waals surface area contributed by atoms with Crippen molar-refractivity contribution in [1.29, 1.82) is 0 Å². The van der Waals surface area contributed by atoms with E-state index in [1.807, 2.05) is 0 Å². The van der Waals surface area contributed by atoms with Crippen molar-refractivity contribution in [3.8, 4) is 5.75 Å². The van der Waals surface area contributed by atoms with Crippen LogP contribution in [0.5, 0.6) is 5.75 Å². The average Bonchev–Trinajstić information content (AvgIpc) is 2.28. The molecule has 0 saturated carbocycles. The summed E-state index contributed by atoms with van der Waals surface area (Å²) in [7, 11) is 0. The Kier molecular flexibility index (Phi) is 4.74. The molecule has 1 rings (SSSR count). The fourth-order valence-corrected chi connectivity index (χ4v) is 1.38. The Morgan fingerprint density at radius 1 is 1.42 bits per heavy atom. The van der Waals surface area contributed by atoms with Gasteiger partial charge in [-0.25, -0.2) is 4.79 Å². The largest absolute Gasteiger partial charge is 0.506 e. The van der Waals surface area contributed by atoms with Gasteiger partial charge in [0.05, 0.1) is 12.3 Å². The summed E-state index contributed by atoms with van der Waals surface area (Å²) in [6.07, 6.45) is -1.78. The summed E-state index contributed by atoms with van der Waals surface area (Å²) < 4.78 is 5.05. The predicted octanol–water partition coefficient (Wildman–Crippen LogP) is 1.76. The molecule has 0 bridgehead atoms. The van der Waals surface area contributed by atoms with Crippen molar-refractivity contribution in [3.05, 3.63) is 23.8 Å². The van der Waals surface area contributed by atoms with E-state index in [0.717, 1.165) is 0 Å². The van der Waals surface area contributed by atoms with Gasteiger partial charge in [0.15, 0.2) is 0 Å². The summed E-state index contributed by atoms with van der Waals surface area (Å²) in [6, 6.07) is 4.15. The van der Waals surface area contributed by atoms with Crippen molar-refractivity contribution in [3.63, 3.8) is 0 Å². The number of hydrogen-bond acceptors (Lipinski definition) is 5. The monoisotopic (exact) mass is 269 g/mol. The van der Waals surface area contributed by atoms with Crippen LogP contribution in [-0.2, 0) is 4.74 Å². The molecule has 0 saturated heterocycles. The number of anilines is 1. The maximum absolute atomic E-state index is 11.6. The average molecular weight is 269 g/mol. The second-order valence-corrected chi connectivity index (χ2v) is 5.10. The lowest BCUT2D eigenvalue weighted by Gasteiger charge is -2.20. The minimum absolute atomic E-state index is 0.110. The van der Waals surface area contributed by atoms with E-state index in [0.29, 0.717) is 5.56 Å². The van der Waals surface area contributed by atoms with Gasteiger partial charge in [-0.3, -0.25) is 5.32 Å².